The van der Waals surface area contributed by atoms with Gasteiger partial charge in [0, 0.05) is 11.3 Å². The van der Waals surface area contributed by atoms with Crippen LogP contribution >= 0.6 is 11.8 Å². The predicted octanol–water partition coefficient (Wildman–Crippen LogP) is 3.31. The van der Waals surface area contributed by atoms with Crippen molar-refractivity contribution < 1.29 is 14.3 Å². The van der Waals surface area contributed by atoms with E-state index in [1.807, 2.05) is 30.3 Å². The van der Waals surface area contributed by atoms with Gasteiger partial charge in [-0.25, -0.2) is 9.48 Å². The number of carbonyl (C=O) groups is 1. The van der Waals surface area contributed by atoms with Crippen molar-refractivity contribution in [2.24, 2.45) is 0 Å². The average molecular weight is 379 g/mol. The fourth-order valence-corrected chi connectivity index (χ4v) is 2.99. The third kappa shape index (κ3) is 3.87. The molecular weight excluding hydrogens is 366 g/mol. The lowest BCUT2D eigenvalue weighted by Crippen LogP contribution is -1.98. The van der Waals surface area contributed by atoms with Crippen molar-refractivity contribution in [3.8, 4) is 17.1 Å². The van der Waals surface area contributed by atoms with E-state index in [2.05, 4.69) is 20.5 Å². The zero-order chi connectivity index (χ0) is 18.6. The van der Waals surface area contributed by atoms with Gasteiger partial charge in [0.1, 0.15) is 0 Å². The summed E-state index contributed by atoms with van der Waals surface area (Å²) in [5.74, 6) is 0.0239. The molecule has 2 heterocycles. The summed E-state index contributed by atoms with van der Waals surface area (Å²) in [4.78, 5) is 10.9. The number of carboxylic acid groups (broad SMARTS) is 1. The van der Waals surface area contributed by atoms with Crippen molar-refractivity contribution in [2.45, 2.75) is 11.0 Å². The van der Waals surface area contributed by atoms with Crippen molar-refractivity contribution in [3.63, 3.8) is 0 Å². The lowest BCUT2D eigenvalue weighted by molar-refractivity contribution is 0.0697. The Morgan fingerprint density at radius 3 is 2.56 bits per heavy atom. The predicted molar refractivity (Wildman–Crippen MR) is 97.6 cm³/mol. The first-order valence-corrected chi connectivity index (χ1v) is 8.94. The summed E-state index contributed by atoms with van der Waals surface area (Å²) >= 11 is 1.37. The summed E-state index contributed by atoms with van der Waals surface area (Å²) in [5, 5.41) is 25.7. The molecule has 2 aromatic heterocycles. The van der Waals surface area contributed by atoms with Crippen LogP contribution < -0.4 is 0 Å². The second-order valence-electron chi connectivity index (χ2n) is 5.53. The van der Waals surface area contributed by atoms with E-state index in [4.69, 9.17) is 9.52 Å². The van der Waals surface area contributed by atoms with Crippen LogP contribution in [-0.4, -0.2) is 36.3 Å². The molecule has 27 heavy (non-hydrogen) atoms. The van der Waals surface area contributed by atoms with Crippen LogP contribution in [0.4, 0.5) is 0 Å². The number of hydrogen-bond donors (Lipinski definition) is 1. The second kappa shape index (κ2) is 7.42. The van der Waals surface area contributed by atoms with Crippen molar-refractivity contribution in [2.75, 3.05) is 0 Å². The number of nitrogens with zero attached hydrogens (tertiary/aromatic N) is 5. The number of rotatable bonds is 6. The first-order valence-electron chi connectivity index (χ1n) is 7.96. The third-order valence-electron chi connectivity index (χ3n) is 3.69. The summed E-state index contributed by atoms with van der Waals surface area (Å²) in [6, 6.07) is 16.0. The first-order chi connectivity index (χ1) is 13.2. The molecule has 0 aliphatic rings. The molecule has 134 valence electrons. The van der Waals surface area contributed by atoms with E-state index in [0.717, 1.165) is 16.9 Å². The van der Waals surface area contributed by atoms with Gasteiger partial charge in [0.15, 0.2) is 0 Å². The average Bonchev–Trinajstić information content (AvgIpc) is 3.37. The lowest BCUT2D eigenvalue weighted by Gasteiger charge is -2.00. The van der Waals surface area contributed by atoms with Crippen LogP contribution in [0, 0.1) is 0 Å². The topological polar surface area (TPSA) is 107 Å². The van der Waals surface area contributed by atoms with E-state index in [0.29, 0.717) is 16.9 Å². The Hall–Kier alpha value is -3.46. The molecule has 0 bridgehead atoms. The van der Waals surface area contributed by atoms with Crippen molar-refractivity contribution >= 4 is 17.7 Å². The van der Waals surface area contributed by atoms with Gasteiger partial charge in [0.2, 0.25) is 5.89 Å². The molecule has 0 unspecified atom stereocenters. The maximum Gasteiger partial charge on any atom is 0.335 e. The molecule has 0 fully saturated rings. The fourth-order valence-electron chi connectivity index (χ4n) is 2.35. The summed E-state index contributed by atoms with van der Waals surface area (Å²) in [5.41, 5.74) is 2.56. The minimum Gasteiger partial charge on any atom is -0.478 e. The summed E-state index contributed by atoms with van der Waals surface area (Å²) < 4.78 is 7.24. The molecule has 0 saturated heterocycles. The molecular formula is C18H13N5O3S. The van der Waals surface area contributed by atoms with E-state index < -0.39 is 5.97 Å². The third-order valence-corrected chi connectivity index (χ3v) is 4.54. The molecule has 0 atom stereocenters. The number of aromatic carboxylic acids is 1. The SMILES string of the molecule is O=C(O)c1ccc(-n2cc(CSc3nnc(-c4ccccc4)o3)nn2)cc1. The normalized spacial score (nSPS) is 10.8. The highest BCUT2D eigenvalue weighted by atomic mass is 32.2. The molecule has 0 saturated carbocycles. The molecule has 1 N–H and O–H groups in total. The lowest BCUT2D eigenvalue weighted by atomic mass is 10.2. The fraction of sp³-hybridized carbons (Fsp3) is 0.0556. The van der Waals surface area contributed by atoms with Gasteiger partial charge in [-0.05, 0) is 36.4 Å². The molecule has 0 aliphatic heterocycles. The Morgan fingerprint density at radius 1 is 1.04 bits per heavy atom. The quantitative estimate of drug-likeness (QED) is 0.509. The van der Waals surface area contributed by atoms with E-state index >= 15 is 0 Å². The zero-order valence-corrected chi connectivity index (χ0v) is 14.7. The monoisotopic (exact) mass is 379 g/mol. The van der Waals surface area contributed by atoms with Gasteiger partial charge in [-0.3, -0.25) is 0 Å². The van der Waals surface area contributed by atoms with Crippen LogP contribution in [-0.2, 0) is 5.75 Å². The molecule has 9 heteroatoms. The van der Waals surface area contributed by atoms with Gasteiger partial charge < -0.3 is 9.52 Å². The number of carboxylic acids is 1. The number of hydrogen-bond acceptors (Lipinski definition) is 7. The summed E-state index contributed by atoms with van der Waals surface area (Å²) in [6.45, 7) is 0. The van der Waals surface area contributed by atoms with Crippen LogP contribution in [0.15, 0.2) is 70.4 Å². The molecule has 4 rings (SSSR count). The summed E-state index contributed by atoms with van der Waals surface area (Å²) in [7, 11) is 0. The molecule has 0 radical (unpaired) electrons. The summed E-state index contributed by atoms with van der Waals surface area (Å²) in [6.07, 6.45) is 1.78. The Balaban J connectivity index is 1.41. The van der Waals surface area contributed by atoms with Gasteiger partial charge in [-0.2, -0.15) is 0 Å². The van der Waals surface area contributed by atoms with Crippen LogP contribution in [0.25, 0.3) is 17.1 Å². The molecule has 8 nitrogen and oxygen atoms in total. The van der Waals surface area contributed by atoms with Crippen molar-refractivity contribution in [3.05, 3.63) is 72.1 Å². The van der Waals surface area contributed by atoms with Gasteiger partial charge in [0.25, 0.3) is 5.22 Å². The standard InChI is InChI=1S/C18H13N5O3S/c24-17(25)13-6-8-15(9-7-13)23-10-14(19-22-23)11-27-18-21-20-16(26-18)12-4-2-1-3-5-12/h1-10H,11H2,(H,24,25). The second-order valence-corrected chi connectivity index (χ2v) is 6.46. The smallest absolute Gasteiger partial charge is 0.335 e. The molecule has 4 aromatic rings. The molecule has 0 aliphatic carbocycles. The maximum absolute atomic E-state index is 10.9. The highest BCUT2D eigenvalue weighted by Gasteiger charge is 2.11. The van der Waals surface area contributed by atoms with E-state index in [1.165, 1.54) is 23.9 Å². The van der Waals surface area contributed by atoms with E-state index in [1.54, 1.807) is 23.0 Å². The van der Waals surface area contributed by atoms with Crippen LogP contribution in [0.5, 0.6) is 0 Å². The Morgan fingerprint density at radius 2 is 1.81 bits per heavy atom. The van der Waals surface area contributed by atoms with Gasteiger partial charge >= 0.3 is 5.97 Å². The minimum atomic E-state index is -0.966. The zero-order valence-electron chi connectivity index (χ0n) is 13.9. The Kier molecular flexibility index (Phi) is 4.67. The largest absolute Gasteiger partial charge is 0.478 e. The highest BCUT2D eigenvalue weighted by Crippen LogP contribution is 2.25. The van der Waals surface area contributed by atoms with Crippen LogP contribution in [0.1, 0.15) is 16.1 Å². The van der Waals surface area contributed by atoms with E-state index in [9.17, 15) is 4.79 Å². The molecule has 0 spiro atoms. The number of benzene rings is 2. The van der Waals surface area contributed by atoms with Crippen molar-refractivity contribution in [1.29, 1.82) is 0 Å². The van der Waals surface area contributed by atoms with Gasteiger partial charge in [-0.1, -0.05) is 35.2 Å². The van der Waals surface area contributed by atoms with Crippen molar-refractivity contribution in [1.82, 2.24) is 25.2 Å². The molecule has 2 aromatic carbocycles. The number of thioether (sulfide) groups is 1. The van der Waals surface area contributed by atoms with Crippen LogP contribution in [0.3, 0.4) is 0 Å². The van der Waals surface area contributed by atoms with E-state index in [-0.39, 0.29) is 5.56 Å². The van der Waals surface area contributed by atoms with Gasteiger partial charge in [0.05, 0.1) is 23.1 Å². The minimum absolute atomic E-state index is 0.222. The maximum atomic E-state index is 10.9. The molecule has 0 amide bonds. The first kappa shape index (κ1) is 17.0. The Labute approximate surface area is 157 Å². The van der Waals surface area contributed by atoms with Crippen LogP contribution in [0.2, 0.25) is 0 Å². The number of aromatic nitrogens is 5. The Bertz CT molecular complexity index is 1060. The van der Waals surface area contributed by atoms with Gasteiger partial charge in [-0.15, -0.1) is 15.3 Å². The highest BCUT2D eigenvalue weighted by molar-refractivity contribution is 7.98.